The van der Waals surface area contributed by atoms with Crippen molar-refractivity contribution in [1.82, 2.24) is 19.1 Å². The van der Waals surface area contributed by atoms with Crippen LogP contribution in [0.1, 0.15) is 0 Å². The van der Waals surface area contributed by atoms with E-state index in [1.165, 1.54) is 21.5 Å². The summed E-state index contributed by atoms with van der Waals surface area (Å²) in [5.41, 5.74) is 13.8. The Hall–Kier alpha value is -8.74. The van der Waals surface area contributed by atoms with E-state index in [2.05, 4.69) is 179 Å². The fourth-order valence-corrected chi connectivity index (χ4v) is 10.2. The molecule has 5 aromatic heterocycles. The highest BCUT2D eigenvalue weighted by Crippen LogP contribution is 2.48. The van der Waals surface area contributed by atoms with Crippen molar-refractivity contribution in [3.8, 4) is 45.3 Å². The second kappa shape index (κ2) is 13.4. The van der Waals surface area contributed by atoms with Crippen LogP contribution in [0.2, 0.25) is 0 Å². The molecule has 0 saturated heterocycles. The van der Waals surface area contributed by atoms with Crippen LogP contribution >= 0.6 is 0 Å². The molecule has 298 valence electrons. The number of benzene rings is 9. The first-order chi connectivity index (χ1) is 31.8. The van der Waals surface area contributed by atoms with Gasteiger partial charge < -0.3 is 18.0 Å². The Morgan fingerprint density at radius 1 is 0.328 bits per heavy atom. The van der Waals surface area contributed by atoms with Crippen molar-refractivity contribution in [1.29, 1.82) is 0 Å². The first-order valence-corrected chi connectivity index (χ1v) is 21.6. The summed E-state index contributed by atoms with van der Waals surface area (Å²) in [6.07, 6.45) is 0. The Kier molecular flexibility index (Phi) is 7.30. The lowest BCUT2D eigenvalue weighted by Crippen LogP contribution is -1.96. The number of para-hydroxylation sites is 6. The molecule has 0 saturated carbocycles. The van der Waals surface area contributed by atoms with Gasteiger partial charge in [0, 0.05) is 54.2 Å². The van der Waals surface area contributed by atoms with Crippen molar-refractivity contribution in [2.75, 3.05) is 0 Å². The molecule has 0 fully saturated rings. The molecular formula is C58H34N4O2. The van der Waals surface area contributed by atoms with E-state index in [1.54, 1.807) is 0 Å². The maximum Gasteiger partial charge on any atom is 0.160 e. The van der Waals surface area contributed by atoms with Crippen molar-refractivity contribution in [3.05, 3.63) is 206 Å². The summed E-state index contributed by atoms with van der Waals surface area (Å²) in [4.78, 5) is 10.6. The van der Waals surface area contributed by atoms with Gasteiger partial charge in [-0.1, -0.05) is 158 Å². The van der Waals surface area contributed by atoms with Crippen molar-refractivity contribution in [3.63, 3.8) is 0 Å². The van der Waals surface area contributed by atoms with Crippen LogP contribution in [0, 0.1) is 0 Å². The monoisotopic (exact) mass is 818 g/mol. The molecule has 0 aliphatic rings. The van der Waals surface area contributed by atoms with Gasteiger partial charge in [-0.05, 0) is 48.5 Å². The summed E-state index contributed by atoms with van der Waals surface area (Å²) in [5.74, 6) is 0.628. The molecule has 0 spiro atoms. The fraction of sp³-hybridized carbons (Fsp3) is 0. The second-order valence-corrected chi connectivity index (χ2v) is 16.4. The van der Waals surface area contributed by atoms with E-state index in [1.807, 2.05) is 36.4 Å². The van der Waals surface area contributed by atoms with Crippen LogP contribution in [-0.4, -0.2) is 19.1 Å². The number of hydrogen-bond donors (Lipinski definition) is 0. The summed E-state index contributed by atoms with van der Waals surface area (Å²) in [6.45, 7) is 0. The molecule has 0 amide bonds. The standard InChI is InChI=1S/C58H34N4O2/c1-3-17-35(18-4-1)44-34-45(60-58(59-44)36-19-5-2-6-20-36)54-53-42-26-16-32-51(62-48-29-13-9-23-39(48)40-24-10-14-30-49(40)62)56(42)63-52(53)33-43-41-25-15-31-50(55(41)64-57(43)54)61-46-27-11-7-21-37(46)38-22-8-12-28-47(38)61/h1-34H. The van der Waals surface area contributed by atoms with Crippen LogP contribution in [0.15, 0.2) is 215 Å². The number of nitrogens with zero attached hydrogens (tertiary/aromatic N) is 4. The van der Waals surface area contributed by atoms with Crippen LogP contribution in [-0.2, 0) is 0 Å². The van der Waals surface area contributed by atoms with Crippen LogP contribution in [0.3, 0.4) is 0 Å². The van der Waals surface area contributed by atoms with Crippen molar-refractivity contribution >= 4 is 87.5 Å². The Morgan fingerprint density at radius 3 is 1.34 bits per heavy atom. The maximum atomic E-state index is 7.40. The minimum Gasteiger partial charge on any atom is -0.454 e. The Balaban J connectivity index is 1.13. The lowest BCUT2D eigenvalue weighted by atomic mass is 9.98. The van der Waals surface area contributed by atoms with E-state index in [9.17, 15) is 0 Å². The van der Waals surface area contributed by atoms with Gasteiger partial charge >= 0.3 is 0 Å². The van der Waals surface area contributed by atoms with Crippen LogP contribution in [0.5, 0.6) is 0 Å². The zero-order valence-electron chi connectivity index (χ0n) is 34.2. The van der Waals surface area contributed by atoms with Gasteiger partial charge in [-0.25, -0.2) is 9.97 Å². The molecule has 6 heteroatoms. The predicted molar refractivity (Wildman–Crippen MR) is 262 cm³/mol. The minimum atomic E-state index is 0.628. The van der Waals surface area contributed by atoms with Gasteiger partial charge in [0.2, 0.25) is 0 Å². The van der Waals surface area contributed by atoms with Gasteiger partial charge in [0.15, 0.2) is 17.0 Å². The first-order valence-electron chi connectivity index (χ1n) is 21.6. The van der Waals surface area contributed by atoms with Gasteiger partial charge in [-0.3, -0.25) is 0 Å². The molecule has 64 heavy (non-hydrogen) atoms. The number of fused-ring (bicyclic) bond motifs is 12. The molecule has 0 radical (unpaired) electrons. The third-order valence-electron chi connectivity index (χ3n) is 12.9. The molecule has 0 atom stereocenters. The summed E-state index contributed by atoms with van der Waals surface area (Å²) >= 11 is 0. The molecule has 5 heterocycles. The van der Waals surface area contributed by atoms with Crippen molar-refractivity contribution in [2.24, 2.45) is 0 Å². The Labute approximate surface area is 365 Å². The van der Waals surface area contributed by atoms with Crippen molar-refractivity contribution in [2.45, 2.75) is 0 Å². The quantitative estimate of drug-likeness (QED) is 0.174. The van der Waals surface area contributed by atoms with Crippen LogP contribution in [0.25, 0.3) is 133 Å². The summed E-state index contributed by atoms with van der Waals surface area (Å²) in [5, 5.41) is 8.60. The van der Waals surface area contributed by atoms with Crippen molar-refractivity contribution < 1.29 is 8.83 Å². The summed E-state index contributed by atoms with van der Waals surface area (Å²) < 4.78 is 19.3. The Morgan fingerprint density at radius 2 is 0.781 bits per heavy atom. The highest BCUT2D eigenvalue weighted by atomic mass is 16.3. The average molecular weight is 819 g/mol. The number of hydrogen-bond acceptors (Lipinski definition) is 4. The lowest BCUT2D eigenvalue weighted by molar-refractivity contribution is 0.662. The van der Waals surface area contributed by atoms with Gasteiger partial charge in [0.1, 0.15) is 11.2 Å². The Bertz CT molecular complexity index is 3900. The molecule has 0 aliphatic carbocycles. The second-order valence-electron chi connectivity index (χ2n) is 16.4. The first kappa shape index (κ1) is 34.9. The zero-order valence-corrected chi connectivity index (χ0v) is 34.2. The zero-order chi connectivity index (χ0) is 41.9. The van der Waals surface area contributed by atoms with E-state index in [-0.39, 0.29) is 0 Å². The third-order valence-corrected chi connectivity index (χ3v) is 12.9. The number of furan rings is 2. The molecule has 14 rings (SSSR count). The summed E-state index contributed by atoms with van der Waals surface area (Å²) in [7, 11) is 0. The van der Waals surface area contributed by atoms with E-state index < -0.39 is 0 Å². The van der Waals surface area contributed by atoms with Crippen LogP contribution < -0.4 is 0 Å². The minimum absolute atomic E-state index is 0.628. The molecule has 0 aliphatic heterocycles. The average Bonchev–Trinajstić information content (AvgIpc) is 4.12. The molecule has 0 bridgehead atoms. The van der Waals surface area contributed by atoms with E-state index in [0.29, 0.717) is 5.82 Å². The molecule has 9 aromatic carbocycles. The van der Waals surface area contributed by atoms with E-state index in [0.717, 1.165) is 105 Å². The van der Waals surface area contributed by atoms with E-state index >= 15 is 0 Å². The molecule has 6 nitrogen and oxygen atoms in total. The van der Waals surface area contributed by atoms with Gasteiger partial charge in [-0.2, -0.15) is 0 Å². The third kappa shape index (κ3) is 4.96. The predicted octanol–water partition coefficient (Wildman–Crippen LogP) is 15.5. The maximum absolute atomic E-state index is 7.40. The van der Waals surface area contributed by atoms with Gasteiger partial charge in [0.25, 0.3) is 0 Å². The fourth-order valence-electron chi connectivity index (χ4n) is 10.2. The van der Waals surface area contributed by atoms with Crippen LogP contribution in [0.4, 0.5) is 0 Å². The highest BCUT2D eigenvalue weighted by molar-refractivity contribution is 6.25. The topological polar surface area (TPSA) is 61.9 Å². The largest absolute Gasteiger partial charge is 0.454 e. The molecule has 0 N–H and O–H groups in total. The normalized spacial score (nSPS) is 12.1. The van der Waals surface area contributed by atoms with Gasteiger partial charge in [-0.15, -0.1) is 0 Å². The molecule has 0 unspecified atom stereocenters. The lowest BCUT2D eigenvalue weighted by Gasteiger charge is -2.11. The number of aromatic nitrogens is 4. The highest BCUT2D eigenvalue weighted by Gasteiger charge is 2.27. The van der Waals surface area contributed by atoms with Gasteiger partial charge in [0.05, 0.1) is 50.4 Å². The summed E-state index contributed by atoms with van der Waals surface area (Å²) in [6, 6.07) is 72.1. The number of rotatable bonds is 5. The molecular weight excluding hydrogens is 785 g/mol. The van der Waals surface area contributed by atoms with E-state index in [4.69, 9.17) is 18.8 Å². The molecule has 14 aromatic rings. The smallest absolute Gasteiger partial charge is 0.160 e. The SMILES string of the molecule is c1ccc(-c2cc(-c3c4oc5c(-n6c7ccccc7c7ccccc76)cccc5c4cc4oc5c(-n6c7ccccc7c7ccccc76)cccc5c34)nc(-c3ccccc3)n2)cc1.